The number of carbonyl (C=O) groups is 3. The first-order valence-corrected chi connectivity index (χ1v) is 12.6. The van der Waals surface area contributed by atoms with Crippen molar-refractivity contribution in [1.82, 2.24) is 10.2 Å². The molecule has 35 heavy (non-hydrogen) atoms. The topological polar surface area (TPSA) is 110 Å². The van der Waals surface area contributed by atoms with Gasteiger partial charge in [0.15, 0.2) is 4.34 Å². The maximum atomic E-state index is 12.6. The Labute approximate surface area is 210 Å². The van der Waals surface area contributed by atoms with Gasteiger partial charge in [0.2, 0.25) is 16.9 Å². The number of rotatable bonds is 9. The number of carbonyl (C=O) groups excluding carboxylic acids is 3. The van der Waals surface area contributed by atoms with Crippen molar-refractivity contribution in [2.75, 3.05) is 23.0 Å². The van der Waals surface area contributed by atoms with Crippen molar-refractivity contribution in [2.45, 2.75) is 17.7 Å². The van der Waals surface area contributed by atoms with Gasteiger partial charge in [-0.2, -0.15) is 0 Å². The largest absolute Gasteiger partial charge is 0.462 e. The van der Waals surface area contributed by atoms with Crippen molar-refractivity contribution in [2.24, 2.45) is 0 Å². The number of anilines is 2. The van der Waals surface area contributed by atoms with E-state index in [-0.39, 0.29) is 30.6 Å². The molecule has 2 amide bonds. The molecule has 4 aromatic rings. The number of benzene rings is 3. The van der Waals surface area contributed by atoms with Crippen LogP contribution in [-0.4, -0.2) is 40.3 Å². The smallest absolute Gasteiger partial charge is 0.340 e. The van der Waals surface area contributed by atoms with Gasteiger partial charge in [0.05, 0.1) is 30.0 Å². The third kappa shape index (κ3) is 6.43. The summed E-state index contributed by atoms with van der Waals surface area (Å²) in [5.74, 6) is -0.926. The van der Waals surface area contributed by atoms with Gasteiger partial charge in [0, 0.05) is 0 Å². The molecule has 1 heterocycles. The molecule has 1 aromatic heterocycles. The highest BCUT2D eigenvalue weighted by atomic mass is 32.2. The number of aromatic nitrogens is 2. The van der Waals surface area contributed by atoms with Crippen LogP contribution in [-0.2, 0) is 20.7 Å². The minimum atomic E-state index is -0.496. The quantitative estimate of drug-likeness (QED) is 0.191. The lowest BCUT2D eigenvalue weighted by molar-refractivity contribution is -0.115. The molecule has 0 saturated heterocycles. The molecular weight excluding hydrogens is 484 g/mol. The van der Waals surface area contributed by atoms with Gasteiger partial charge in [0.1, 0.15) is 0 Å². The molecule has 8 nitrogen and oxygen atoms in total. The van der Waals surface area contributed by atoms with E-state index in [1.54, 1.807) is 31.2 Å². The number of hydrogen-bond donors (Lipinski definition) is 2. The molecule has 0 bridgehead atoms. The molecule has 0 saturated carbocycles. The van der Waals surface area contributed by atoms with Crippen molar-refractivity contribution in [3.63, 3.8) is 0 Å². The monoisotopic (exact) mass is 506 g/mol. The summed E-state index contributed by atoms with van der Waals surface area (Å²) in [7, 11) is 0. The normalized spacial score (nSPS) is 10.7. The first kappa shape index (κ1) is 24.4. The van der Waals surface area contributed by atoms with Gasteiger partial charge >= 0.3 is 5.97 Å². The molecule has 0 unspecified atom stereocenters. The molecule has 178 valence electrons. The highest BCUT2D eigenvalue weighted by Gasteiger charge is 2.15. The highest BCUT2D eigenvalue weighted by molar-refractivity contribution is 8.01. The summed E-state index contributed by atoms with van der Waals surface area (Å²) in [6.45, 7) is 1.97. The molecule has 0 aliphatic carbocycles. The van der Waals surface area contributed by atoms with E-state index >= 15 is 0 Å². The van der Waals surface area contributed by atoms with Crippen molar-refractivity contribution in [3.8, 4) is 0 Å². The summed E-state index contributed by atoms with van der Waals surface area (Å²) in [5, 5.41) is 16.0. The SMILES string of the molecule is CCOC(=O)c1ccccc1NC(=O)CSc1nnc(NC(=O)Cc2cccc3ccccc23)s1. The van der Waals surface area contributed by atoms with Gasteiger partial charge < -0.3 is 15.4 Å². The van der Waals surface area contributed by atoms with Crippen molar-refractivity contribution in [3.05, 3.63) is 77.9 Å². The number of ether oxygens (including phenoxy) is 1. The summed E-state index contributed by atoms with van der Waals surface area (Å²) < 4.78 is 5.57. The van der Waals surface area contributed by atoms with E-state index in [0.29, 0.717) is 20.7 Å². The molecular formula is C25H22N4O4S2. The molecule has 4 rings (SSSR count). The fraction of sp³-hybridized carbons (Fsp3) is 0.160. The lowest BCUT2D eigenvalue weighted by Gasteiger charge is -2.09. The van der Waals surface area contributed by atoms with Gasteiger partial charge in [-0.3, -0.25) is 9.59 Å². The van der Waals surface area contributed by atoms with Crippen LogP contribution >= 0.6 is 23.1 Å². The van der Waals surface area contributed by atoms with E-state index in [0.717, 1.165) is 16.3 Å². The van der Waals surface area contributed by atoms with Gasteiger partial charge in [-0.25, -0.2) is 4.79 Å². The fourth-order valence-corrected chi connectivity index (χ4v) is 4.96. The van der Waals surface area contributed by atoms with Crippen LogP contribution in [0.5, 0.6) is 0 Å². The molecule has 0 spiro atoms. The maximum Gasteiger partial charge on any atom is 0.340 e. The Bertz CT molecular complexity index is 1370. The molecule has 0 aliphatic rings. The second-order valence-corrected chi connectivity index (χ2v) is 9.54. The Morgan fingerprint density at radius 1 is 0.914 bits per heavy atom. The third-order valence-corrected chi connectivity index (χ3v) is 6.88. The van der Waals surface area contributed by atoms with Crippen LogP contribution in [0.25, 0.3) is 10.8 Å². The summed E-state index contributed by atoms with van der Waals surface area (Å²) in [4.78, 5) is 37.0. The van der Waals surface area contributed by atoms with E-state index in [1.165, 1.54) is 23.1 Å². The Hall–Kier alpha value is -3.76. The first-order chi connectivity index (χ1) is 17.0. The van der Waals surface area contributed by atoms with E-state index in [2.05, 4.69) is 20.8 Å². The molecule has 0 aliphatic heterocycles. The molecule has 2 N–H and O–H groups in total. The van der Waals surface area contributed by atoms with Crippen LogP contribution in [0.2, 0.25) is 0 Å². The van der Waals surface area contributed by atoms with Gasteiger partial charge in [-0.1, -0.05) is 77.7 Å². The summed E-state index contributed by atoms with van der Waals surface area (Å²) >= 11 is 2.38. The van der Waals surface area contributed by atoms with Gasteiger partial charge in [-0.15, -0.1) is 10.2 Å². The Balaban J connectivity index is 1.30. The van der Waals surface area contributed by atoms with E-state index in [9.17, 15) is 14.4 Å². The zero-order valence-electron chi connectivity index (χ0n) is 18.8. The van der Waals surface area contributed by atoms with Gasteiger partial charge in [-0.05, 0) is 35.4 Å². The second kappa shape index (κ2) is 11.6. The van der Waals surface area contributed by atoms with Crippen LogP contribution in [0, 0.1) is 0 Å². The molecule has 0 fully saturated rings. The van der Waals surface area contributed by atoms with Crippen LogP contribution < -0.4 is 10.6 Å². The number of nitrogens with one attached hydrogen (secondary N) is 2. The van der Waals surface area contributed by atoms with Crippen molar-refractivity contribution < 1.29 is 19.1 Å². The second-order valence-electron chi connectivity index (χ2n) is 7.34. The van der Waals surface area contributed by atoms with Crippen LogP contribution in [0.3, 0.4) is 0 Å². The number of para-hydroxylation sites is 1. The van der Waals surface area contributed by atoms with Crippen molar-refractivity contribution >= 4 is 62.5 Å². The van der Waals surface area contributed by atoms with Gasteiger partial charge in [0.25, 0.3) is 0 Å². The Morgan fingerprint density at radius 3 is 2.54 bits per heavy atom. The number of fused-ring (bicyclic) bond motifs is 1. The van der Waals surface area contributed by atoms with Crippen LogP contribution in [0.15, 0.2) is 71.1 Å². The van der Waals surface area contributed by atoms with Crippen LogP contribution in [0.4, 0.5) is 10.8 Å². The summed E-state index contributed by atoms with van der Waals surface area (Å²) in [5.41, 5.74) is 1.61. The summed E-state index contributed by atoms with van der Waals surface area (Å²) in [6, 6.07) is 20.5. The van der Waals surface area contributed by atoms with E-state index in [4.69, 9.17) is 4.74 Å². The number of thioether (sulfide) groups is 1. The lowest BCUT2D eigenvalue weighted by atomic mass is 10.0. The zero-order chi connectivity index (χ0) is 24.6. The summed E-state index contributed by atoms with van der Waals surface area (Å²) in [6.07, 6.45) is 0.214. The zero-order valence-corrected chi connectivity index (χ0v) is 20.4. The molecule has 10 heteroatoms. The average molecular weight is 507 g/mol. The molecule has 3 aromatic carbocycles. The lowest BCUT2D eigenvalue weighted by Crippen LogP contribution is -2.17. The first-order valence-electron chi connectivity index (χ1n) is 10.8. The highest BCUT2D eigenvalue weighted by Crippen LogP contribution is 2.26. The minimum absolute atomic E-state index is 0.0652. The standard InChI is InChI=1S/C25H22N4O4S2/c1-2-33-23(32)19-12-5-6-13-20(19)26-22(31)15-34-25-29-28-24(35-25)27-21(30)14-17-10-7-9-16-8-3-4-11-18(16)17/h3-13H,2,14-15H2,1H3,(H,26,31)(H,27,28,30). The average Bonchev–Trinajstić information content (AvgIpc) is 3.30. The number of nitrogens with zero attached hydrogens (tertiary/aromatic N) is 2. The fourth-order valence-electron chi connectivity index (χ4n) is 3.39. The van der Waals surface area contributed by atoms with E-state index < -0.39 is 5.97 Å². The predicted molar refractivity (Wildman–Crippen MR) is 138 cm³/mol. The van der Waals surface area contributed by atoms with Crippen molar-refractivity contribution in [1.29, 1.82) is 0 Å². The van der Waals surface area contributed by atoms with E-state index in [1.807, 2.05) is 42.5 Å². The molecule has 0 atom stereocenters. The number of amides is 2. The number of hydrogen-bond acceptors (Lipinski definition) is 8. The maximum absolute atomic E-state index is 12.6. The predicted octanol–water partition coefficient (Wildman–Crippen LogP) is 4.78. The Morgan fingerprint density at radius 2 is 1.69 bits per heavy atom. The minimum Gasteiger partial charge on any atom is -0.462 e. The Kier molecular flexibility index (Phi) is 8.07. The molecule has 0 radical (unpaired) electrons. The third-order valence-electron chi connectivity index (χ3n) is 4.91. The number of esters is 1. The van der Waals surface area contributed by atoms with Crippen LogP contribution in [0.1, 0.15) is 22.8 Å².